The van der Waals surface area contributed by atoms with Crippen LogP contribution in [0.3, 0.4) is 0 Å². The Morgan fingerprint density at radius 2 is 1.58 bits per heavy atom. The van der Waals surface area contributed by atoms with Crippen LogP contribution in [0.1, 0.15) is 16.1 Å². The first-order chi connectivity index (χ1) is 10.5. The number of benzene rings is 1. The molecule has 0 saturated carbocycles. The summed E-state index contributed by atoms with van der Waals surface area (Å²) in [7, 11) is 0. The van der Waals surface area contributed by atoms with E-state index in [1.54, 1.807) is 0 Å². The number of rotatable bonds is 2. The van der Waals surface area contributed by atoms with Crippen molar-refractivity contribution in [1.29, 1.82) is 0 Å². The normalized spacial score (nSPS) is 11.3. The largest absolute Gasteiger partial charge is 0.493 e. The fraction of sp³-hybridized carbons (Fsp3) is 0.167. The molecule has 24 heavy (non-hydrogen) atoms. The van der Waals surface area contributed by atoms with Crippen molar-refractivity contribution >= 4 is 5.78 Å². The van der Waals surface area contributed by atoms with Crippen LogP contribution in [-0.4, -0.2) is 26.8 Å². The molecule has 2 aromatic rings. The number of hydrogen-bond acceptors (Lipinski definition) is 3. The Labute approximate surface area is 139 Å². The first-order valence-corrected chi connectivity index (χ1v) is 5.70. The summed E-state index contributed by atoms with van der Waals surface area (Å²) in [4.78, 5) is 11.2. The Morgan fingerprint density at radius 1 is 1.12 bits per heavy atom. The van der Waals surface area contributed by atoms with Crippen LogP contribution < -0.4 is 0 Å². The predicted molar refractivity (Wildman–Crippen MR) is 60.2 cm³/mol. The maximum absolute atomic E-state index is 13.6. The maximum Gasteiger partial charge on any atom is 0.455 e. The smallest absolute Gasteiger partial charge is 0.455 e. The number of halogens is 7. The van der Waals surface area contributed by atoms with Gasteiger partial charge in [-0.05, 0) is 6.92 Å². The Balaban J connectivity index is 0.00000288. The molecule has 1 aromatic carbocycles. The number of aryl methyl sites for hydroxylation is 1. The quantitative estimate of drug-likeness (QED) is 0.367. The molecule has 0 aliphatic carbocycles. The molecule has 1 heterocycles. The number of ketones is 1. The van der Waals surface area contributed by atoms with Crippen LogP contribution in [0.2, 0.25) is 0 Å². The molecule has 0 amide bonds. The number of aromatic nitrogens is 2. The first kappa shape index (κ1) is 20.0. The molecule has 0 fully saturated rings. The molecule has 1 radical (unpaired) electrons. The van der Waals surface area contributed by atoms with Crippen molar-refractivity contribution in [2.75, 3.05) is 0 Å². The Bertz CT molecular complexity index is 791. The van der Waals surface area contributed by atoms with Crippen molar-refractivity contribution in [2.24, 2.45) is 0 Å². The van der Waals surface area contributed by atoms with Gasteiger partial charge in [0.15, 0.2) is 23.3 Å². The van der Waals surface area contributed by atoms with Gasteiger partial charge in [-0.15, -0.1) is 0 Å². The van der Waals surface area contributed by atoms with E-state index in [0.29, 0.717) is 0 Å². The van der Waals surface area contributed by atoms with Crippen molar-refractivity contribution in [3.63, 3.8) is 0 Å². The Hall–Kier alpha value is -2.07. The molecule has 4 nitrogen and oxygen atoms in total. The molecule has 2 rings (SSSR count). The van der Waals surface area contributed by atoms with Gasteiger partial charge in [-0.2, -0.15) is 23.0 Å². The van der Waals surface area contributed by atoms with Crippen molar-refractivity contribution in [3.05, 3.63) is 40.6 Å². The van der Waals surface area contributed by atoms with E-state index < -0.39 is 58.1 Å². The van der Waals surface area contributed by atoms with Crippen LogP contribution in [0, 0.1) is 30.2 Å². The summed E-state index contributed by atoms with van der Waals surface area (Å²) in [6, 6.07) is -0.136. The topological polar surface area (TPSA) is 55.1 Å². The summed E-state index contributed by atoms with van der Waals surface area (Å²) < 4.78 is 90.6. The third-order valence-corrected chi connectivity index (χ3v) is 2.82. The van der Waals surface area contributed by atoms with Crippen LogP contribution >= 0.6 is 0 Å². The average molecular weight is 397 g/mol. The summed E-state index contributed by atoms with van der Waals surface area (Å²) >= 11 is 0. The van der Waals surface area contributed by atoms with E-state index in [1.807, 2.05) is 0 Å². The van der Waals surface area contributed by atoms with E-state index in [2.05, 4.69) is 5.10 Å². The second kappa shape index (κ2) is 6.44. The van der Waals surface area contributed by atoms with Gasteiger partial charge in [0.2, 0.25) is 5.88 Å². The number of hydrogen-bond donors (Lipinski definition) is 1. The zero-order chi connectivity index (χ0) is 17.7. The van der Waals surface area contributed by atoms with Gasteiger partial charge in [0.25, 0.3) is 5.78 Å². The van der Waals surface area contributed by atoms with Crippen molar-refractivity contribution in [1.82, 2.24) is 9.78 Å². The monoisotopic (exact) mass is 397 g/mol. The van der Waals surface area contributed by atoms with Crippen LogP contribution in [0.5, 0.6) is 5.88 Å². The zero-order valence-corrected chi connectivity index (χ0v) is 12.5. The SMILES string of the molecule is Cc1nn(-c2c(F)c(F)cc(F)c2F)c(O)c1C(=O)C(F)(F)F.[Mn]. The first-order valence-electron chi connectivity index (χ1n) is 5.70. The van der Waals surface area contributed by atoms with E-state index in [9.17, 15) is 40.6 Å². The summed E-state index contributed by atoms with van der Waals surface area (Å²) in [6.45, 7) is 0.834. The average Bonchev–Trinajstić information content (AvgIpc) is 2.70. The van der Waals surface area contributed by atoms with E-state index in [-0.39, 0.29) is 27.8 Å². The number of carbonyl (C=O) groups excluding carboxylic acids is 1. The predicted octanol–water partition coefficient (Wildman–Crippen LogP) is 3.19. The molecule has 0 aliphatic heterocycles. The number of nitrogens with zero attached hydrogens (tertiary/aromatic N) is 2. The van der Waals surface area contributed by atoms with Crippen molar-refractivity contribution in [3.8, 4) is 11.6 Å². The Kier molecular flexibility index (Phi) is 5.36. The number of alkyl halides is 3. The molecule has 1 N–H and O–H groups in total. The fourth-order valence-electron chi connectivity index (χ4n) is 1.83. The van der Waals surface area contributed by atoms with Gasteiger partial charge in [-0.1, -0.05) is 0 Å². The molecule has 12 heteroatoms. The van der Waals surface area contributed by atoms with Crippen LogP contribution in [-0.2, 0) is 17.1 Å². The minimum atomic E-state index is -5.40. The molecular formula is C12H5F7MnN2O2. The number of Topliss-reactive ketones (excluding diaryl/α,β-unsaturated/α-hetero) is 1. The van der Waals surface area contributed by atoms with Crippen LogP contribution in [0.15, 0.2) is 6.07 Å². The second-order valence-corrected chi connectivity index (χ2v) is 4.34. The standard InChI is InChI=1S/C12H5F7N2O2.Mn/c1-3-6(10(22)12(17,18)19)11(23)21(20-3)9-7(15)4(13)2-5(14)8(9)16;/h2,23H,1H3;. The zero-order valence-electron chi connectivity index (χ0n) is 11.4. The summed E-state index contributed by atoms with van der Waals surface area (Å²) in [6.07, 6.45) is -5.40. The minimum Gasteiger partial charge on any atom is -0.493 e. The van der Waals surface area contributed by atoms with Gasteiger partial charge in [0.1, 0.15) is 11.3 Å². The molecule has 0 saturated heterocycles. The van der Waals surface area contributed by atoms with Gasteiger partial charge in [-0.3, -0.25) is 4.79 Å². The minimum absolute atomic E-state index is 0. The Morgan fingerprint density at radius 3 is 2.00 bits per heavy atom. The molecule has 1 aromatic heterocycles. The maximum atomic E-state index is 13.6. The second-order valence-electron chi connectivity index (χ2n) is 4.34. The third kappa shape index (κ3) is 3.11. The van der Waals surface area contributed by atoms with E-state index >= 15 is 0 Å². The van der Waals surface area contributed by atoms with Gasteiger partial charge < -0.3 is 5.11 Å². The fourth-order valence-corrected chi connectivity index (χ4v) is 1.83. The third-order valence-electron chi connectivity index (χ3n) is 2.82. The summed E-state index contributed by atoms with van der Waals surface area (Å²) in [5.74, 6) is -11.9. The van der Waals surface area contributed by atoms with Crippen molar-refractivity contribution < 1.29 is 57.7 Å². The number of aromatic hydroxyl groups is 1. The molecular weight excluding hydrogens is 392 g/mol. The van der Waals surface area contributed by atoms with Gasteiger partial charge >= 0.3 is 6.18 Å². The molecule has 0 bridgehead atoms. The van der Waals surface area contributed by atoms with Crippen LogP contribution in [0.25, 0.3) is 5.69 Å². The number of carbonyl (C=O) groups is 1. The van der Waals surface area contributed by atoms with E-state index in [1.165, 1.54) is 0 Å². The van der Waals surface area contributed by atoms with E-state index in [4.69, 9.17) is 0 Å². The summed E-state index contributed by atoms with van der Waals surface area (Å²) in [5, 5.41) is 12.8. The summed E-state index contributed by atoms with van der Waals surface area (Å²) in [5.41, 5.74) is -3.72. The van der Waals surface area contributed by atoms with Crippen molar-refractivity contribution in [2.45, 2.75) is 13.1 Å². The molecule has 0 atom stereocenters. The molecule has 0 aliphatic rings. The van der Waals surface area contributed by atoms with Gasteiger partial charge in [-0.25, -0.2) is 17.6 Å². The van der Waals surface area contributed by atoms with Crippen LogP contribution in [0.4, 0.5) is 30.7 Å². The van der Waals surface area contributed by atoms with Gasteiger partial charge in [0.05, 0.1) is 5.69 Å². The van der Waals surface area contributed by atoms with Gasteiger partial charge in [0, 0.05) is 23.1 Å². The molecule has 0 spiro atoms. The molecule has 0 unspecified atom stereocenters. The van der Waals surface area contributed by atoms with E-state index in [0.717, 1.165) is 6.92 Å². The molecule has 131 valence electrons.